The van der Waals surface area contributed by atoms with Gasteiger partial charge in [0.1, 0.15) is 6.10 Å². The van der Waals surface area contributed by atoms with Gasteiger partial charge in [0.05, 0.1) is 13.1 Å². The summed E-state index contributed by atoms with van der Waals surface area (Å²) in [4.78, 5) is 28.8. The minimum absolute atomic E-state index is 0.00597. The molecule has 0 radical (unpaired) electrons. The van der Waals surface area contributed by atoms with Crippen molar-refractivity contribution in [3.8, 4) is 0 Å². The van der Waals surface area contributed by atoms with E-state index >= 15 is 0 Å². The van der Waals surface area contributed by atoms with E-state index in [1.54, 1.807) is 4.90 Å². The molecule has 0 unspecified atom stereocenters. The second kappa shape index (κ2) is 9.06. The van der Waals surface area contributed by atoms with Crippen LogP contribution < -0.4 is 0 Å². The van der Waals surface area contributed by atoms with Crippen molar-refractivity contribution >= 4 is 12.0 Å². The number of rotatable bonds is 5. The van der Waals surface area contributed by atoms with E-state index in [-0.39, 0.29) is 18.1 Å². The van der Waals surface area contributed by atoms with Crippen LogP contribution in [0.15, 0.2) is 30.3 Å². The quantitative estimate of drug-likeness (QED) is 0.797. The zero-order valence-electron chi connectivity index (χ0n) is 15.7. The number of hydrogen-bond acceptors (Lipinski definition) is 3. The third-order valence-corrected chi connectivity index (χ3v) is 5.53. The molecular weight excluding hydrogens is 328 g/mol. The predicted octanol–water partition coefficient (Wildman–Crippen LogP) is 4.08. The third kappa shape index (κ3) is 4.57. The Morgan fingerprint density at radius 2 is 1.77 bits per heavy atom. The molecule has 1 aromatic carbocycles. The van der Waals surface area contributed by atoms with Gasteiger partial charge in [-0.15, -0.1) is 0 Å². The number of carbonyl (C=O) groups is 2. The molecule has 26 heavy (non-hydrogen) atoms. The van der Waals surface area contributed by atoms with Crippen molar-refractivity contribution in [3.05, 3.63) is 35.9 Å². The summed E-state index contributed by atoms with van der Waals surface area (Å²) in [6.45, 7) is 3.62. The summed E-state index contributed by atoms with van der Waals surface area (Å²) >= 11 is 0. The van der Waals surface area contributed by atoms with Crippen LogP contribution in [-0.2, 0) is 4.74 Å². The van der Waals surface area contributed by atoms with E-state index in [4.69, 9.17) is 4.74 Å². The topological polar surface area (TPSA) is 49.9 Å². The Hall–Kier alpha value is -2.04. The Morgan fingerprint density at radius 1 is 1.12 bits per heavy atom. The maximum atomic E-state index is 12.7. The molecule has 0 bridgehead atoms. The molecule has 2 fully saturated rings. The Kier molecular flexibility index (Phi) is 6.53. The molecule has 1 aliphatic carbocycles. The van der Waals surface area contributed by atoms with Crippen molar-refractivity contribution in [3.63, 3.8) is 0 Å². The number of nitrogens with zero attached hydrogens (tertiary/aromatic N) is 2. The summed E-state index contributed by atoms with van der Waals surface area (Å²) in [5, 5.41) is 0. The normalized spacial score (nSPS) is 21.8. The lowest BCUT2D eigenvalue weighted by Crippen LogP contribution is -2.40. The fraction of sp³-hybridized carbons (Fsp3) is 0.619. The number of likely N-dealkylation sites (N-methyl/N-ethyl adjacent to an activating group) is 1. The molecule has 1 aliphatic heterocycles. The summed E-state index contributed by atoms with van der Waals surface area (Å²) in [6.07, 6.45) is 7.91. The van der Waals surface area contributed by atoms with Gasteiger partial charge in [-0.1, -0.05) is 50.3 Å². The van der Waals surface area contributed by atoms with Gasteiger partial charge < -0.3 is 14.5 Å². The molecule has 1 heterocycles. The Balaban J connectivity index is 1.59. The Morgan fingerprint density at radius 3 is 2.42 bits per heavy atom. The van der Waals surface area contributed by atoms with Crippen molar-refractivity contribution in [2.45, 2.75) is 64.0 Å². The SMILES string of the molecule is CCN(C[C@H]1CN(C2CCCCCCC2)C(=O)O1)C(=O)c1ccccc1. The van der Waals surface area contributed by atoms with Crippen LogP contribution in [0.4, 0.5) is 4.79 Å². The van der Waals surface area contributed by atoms with Gasteiger partial charge in [0.15, 0.2) is 0 Å². The molecule has 1 aromatic rings. The molecule has 2 aliphatic rings. The summed E-state index contributed by atoms with van der Waals surface area (Å²) in [7, 11) is 0. The Labute approximate surface area is 156 Å². The van der Waals surface area contributed by atoms with Crippen molar-refractivity contribution in [2.75, 3.05) is 19.6 Å². The highest BCUT2D eigenvalue weighted by atomic mass is 16.6. The lowest BCUT2D eigenvalue weighted by atomic mass is 9.96. The van der Waals surface area contributed by atoms with Crippen molar-refractivity contribution in [1.29, 1.82) is 0 Å². The van der Waals surface area contributed by atoms with Gasteiger partial charge in [-0.2, -0.15) is 0 Å². The van der Waals surface area contributed by atoms with E-state index in [0.29, 0.717) is 31.2 Å². The van der Waals surface area contributed by atoms with E-state index in [0.717, 1.165) is 12.8 Å². The molecular formula is C21H30N2O3. The molecule has 2 amide bonds. The summed E-state index contributed by atoms with van der Waals surface area (Å²) in [5.74, 6) is -0.00597. The molecule has 5 heteroatoms. The highest BCUT2D eigenvalue weighted by Gasteiger charge is 2.37. The largest absolute Gasteiger partial charge is 0.442 e. The predicted molar refractivity (Wildman–Crippen MR) is 101 cm³/mol. The van der Waals surface area contributed by atoms with E-state index in [2.05, 4.69) is 0 Å². The lowest BCUT2D eigenvalue weighted by Gasteiger charge is -2.28. The average molecular weight is 358 g/mol. The molecule has 5 nitrogen and oxygen atoms in total. The minimum atomic E-state index is -0.236. The van der Waals surface area contributed by atoms with Gasteiger partial charge in [0, 0.05) is 18.2 Å². The monoisotopic (exact) mass is 358 g/mol. The van der Waals surface area contributed by atoms with Gasteiger partial charge in [0.25, 0.3) is 5.91 Å². The van der Waals surface area contributed by atoms with Crippen LogP contribution in [0.3, 0.4) is 0 Å². The molecule has 0 N–H and O–H groups in total. The maximum absolute atomic E-state index is 12.7. The first-order valence-corrected chi connectivity index (χ1v) is 10.0. The van der Waals surface area contributed by atoms with Crippen LogP contribution in [0.2, 0.25) is 0 Å². The first-order chi connectivity index (χ1) is 12.7. The summed E-state index contributed by atoms with van der Waals surface area (Å²) < 4.78 is 5.61. The van der Waals surface area contributed by atoms with Crippen LogP contribution in [0.5, 0.6) is 0 Å². The fourth-order valence-electron chi connectivity index (χ4n) is 4.05. The van der Waals surface area contributed by atoms with Crippen LogP contribution in [0.1, 0.15) is 62.2 Å². The second-order valence-corrected chi connectivity index (χ2v) is 7.37. The molecule has 0 spiro atoms. The number of hydrogen-bond donors (Lipinski definition) is 0. The number of benzene rings is 1. The van der Waals surface area contributed by atoms with E-state index in [1.165, 1.54) is 32.1 Å². The van der Waals surface area contributed by atoms with Crippen LogP contribution in [-0.4, -0.2) is 53.6 Å². The highest BCUT2D eigenvalue weighted by molar-refractivity contribution is 5.94. The summed E-state index contributed by atoms with van der Waals surface area (Å²) in [6, 6.07) is 9.59. The van der Waals surface area contributed by atoms with Crippen molar-refractivity contribution in [2.24, 2.45) is 0 Å². The van der Waals surface area contributed by atoms with Crippen molar-refractivity contribution < 1.29 is 14.3 Å². The van der Waals surface area contributed by atoms with Gasteiger partial charge in [0.2, 0.25) is 0 Å². The van der Waals surface area contributed by atoms with E-state index < -0.39 is 0 Å². The highest BCUT2D eigenvalue weighted by Crippen LogP contribution is 2.25. The molecule has 3 rings (SSSR count). The number of cyclic esters (lactones) is 1. The molecule has 142 valence electrons. The van der Waals surface area contributed by atoms with Gasteiger partial charge in [-0.25, -0.2) is 4.79 Å². The maximum Gasteiger partial charge on any atom is 0.410 e. The van der Waals surface area contributed by atoms with Crippen LogP contribution in [0.25, 0.3) is 0 Å². The van der Waals surface area contributed by atoms with E-state index in [9.17, 15) is 9.59 Å². The van der Waals surface area contributed by atoms with Gasteiger partial charge in [-0.05, 0) is 31.9 Å². The van der Waals surface area contributed by atoms with Crippen molar-refractivity contribution in [1.82, 2.24) is 9.80 Å². The van der Waals surface area contributed by atoms with Crippen LogP contribution >= 0.6 is 0 Å². The fourth-order valence-corrected chi connectivity index (χ4v) is 4.05. The minimum Gasteiger partial charge on any atom is -0.442 e. The molecule has 0 aromatic heterocycles. The zero-order valence-corrected chi connectivity index (χ0v) is 15.7. The lowest BCUT2D eigenvalue weighted by molar-refractivity contribution is 0.0651. The smallest absolute Gasteiger partial charge is 0.410 e. The first kappa shape index (κ1) is 18.7. The molecule has 1 saturated carbocycles. The van der Waals surface area contributed by atoms with Gasteiger partial charge >= 0.3 is 6.09 Å². The standard InChI is InChI=1S/C21H30N2O3/c1-2-22(20(24)17-11-7-6-8-12-17)15-19-16-23(21(25)26-19)18-13-9-4-3-5-10-14-18/h6-8,11-12,18-19H,2-5,9-10,13-16H2,1H3/t19-/m0/s1. The summed E-state index contributed by atoms with van der Waals surface area (Å²) in [5.41, 5.74) is 0.676. The average Bonchev–Trinajstić information content (AvgIpc) is 3.00. The van der Waals surface area contributed by atoms with E-state index in [1.807, 2.05) is 42.2 Å². The van der Waals surface area contributed by atoms with Gasteiger partial charge in [-0.3, -0.25) is 4.79 Å². The number of carbonyl (C=O) groups excluding carboxylic acids is 2. The number of amides is 2. The van der Waals surface area contributed by atoms with Crippen LogP contribution in [0, 0.1) is 0 Å². The molecule has 1 atom stereocenters. The Bertz CT molecular complexity index is 597. The molecule has 1 saturated heterocycles. The zero-order chi connectivity index (χ0) is 18.4. The second-order valence-electron chi connectivity index (χ2n) is 7.37. The first-order valence-electron chi connectivity index (χ1n) is 10.0. The number of ether oxygens (including phenoxy) is 1. The third-order valence-electron chi connectivity index (χ3n) is 5.53.